The standard InChI is InChI=1S/C18H17N3O2S2/c1-12-10-25-18(19-12)21-17(22)8-5-14-3-6-16(7-4-14)23-9-15-11-24-13(2)20-15/h3-8,10-11H,9H2,1-2H3,(H,19,21,22)/b8-5+. The zero-order valence-corrected chi connectivity index (χ0v) is 15.5. The summed E-state index contributed by atoms with van der Waals surface area (Å²) in [6.45, 7) is 4.32. The van der Waals surface area contributed by atoms with Crippen LogP contribution < -0.4 is 10.1 Å². The van der Waals surface area contributed by atoms with Crippen LogP contribution in [0.2, 0.25) is 0 Å². The molecular formula is C18H17N3O2S2. The average molecular weight is 371 g/mol. The van der Waals surface area contributed by atoms with Crippen molar-refractivity contribution in [3.05, 3.63) is 63.1 Å². The highest BCUT2D eigenvalue weighted by molar-refractivity contribution is 7.14. The van der Waals surface area contributed by atoms with Crippen molar-refractivity contribution in [3.63, 3.8) is 0 Å². The van der Waals surface area contributed by atoms with Gasteiger partial charge in [-0.3, -0.25) is 10.1 Å². The summed E-state index contributed by atoms with van der Waals surface area (Å²) in [6, 6.07) is 7.56. The third-order valence-corrected chi connectivity index (χ3v) is 4.91. The van der Waals surface area contributed by atoms with Crippen molar-refractivity contribution in [1.82, 2.24) is 9.97 Å². The molecule has 2 heterocycles. The molecule has 0 saturated heterocycles. The molecule has 0 bridgehead atoms. The lowest BCUT2D eigenvalue weighted by atomic mass is 10.2. The van der Waals surface area contributed by atoms with Gasteiger partial charge in [0.05, 0.1) is 16.4 Å². The summed E-state index contributed by atoms with van der Waals surface area (Å²) in [5, 5.41) is 8.26. The van der Waals surface area contributed by atoms with Crippen molar-refractivity contribution in [2.75, 3.05) is 5.32 Å². The Labute approximate surface area is 154 Å². The minimum atomic E-state index is -0.200. The fraction of sp³-hybridized carbons (Fsp3) is 0.167. The Morgan fingerprint density at radius 1 is 1.16 bits per heavy atom. The summed E-state index contributed by atoms with van der Waals surface area (Å²) in [5.41, 5.74) is 2.75. The third kappa shape index (κ3) is 5.23. The molecule has 5 nitrogen and oxygen atoms in total. The molecule has 0 spiro atoms. The summed E-state index contributed by atoms with van der Waals surface area (Å²) in [7, 11) is 0. The van der Waals surface area contributed by atoms with Crippen LogP contribution in [-0.4, -0.2) is 15.9 Å². The number of carbonyl (C=O) groups is 1. The minimum Gasteiger partial charge on any atom is -0.487 e. The summed E-state index contributed by atoms with van der Waals surface area (Å²) < 4.78 is 5.70. The Balaban J connectivity index is 1.52. The molecule has 25 heavy (non-hydrogen) atoms. The van der Waals surface area contributed by atoms with Gasteiger partial charge in [-0.05, 0) is 37.6 Å². The molecule has 0 aliphatic heterocycles. The first kappa shape index (κ1) is 17.3. The van der Waals surface area contributed by atoms with Crippen LogP contribution in [0.1, 0.15) is 22.0 Å². The minimum absolute atomic E-state index is 0.200. The highest BCUT2D eigenvalue weighted by Gasteiger charge is 2.02. The number of carbonyl (C=O) groups excluding carboxylic acids is 1. The number of amides is 1. The SMILES string of the molecule is Cc1csc(NC(=O)/C=C/c2ccc(OCc3csc(C)n3)cc2)n1. The lowest BCUT2D eigenvalue weighted by molar-refractivity contribution is -0.111. The molecule has 0 fully saturated rings. The average Bonchev–Trinajstić information content (AvgIpc) is 3.20. The number of thiazole rings is 2. The van der Waals surface area contributed by atoms with Gasteiger partial charge in [0, 0.05) is 16.8 Å². The monoisotopic (exact) mass is 371 g/mol. The zero-order valence-electron chi connectivity index (χ0n) is 13.9. The number of anilines is 1. The van der Waals surface area contributed by atoms with Crippen LogP contribution in [-0.2, 0) is 11.4 Å². The van der Waals surface area contributed by atoms with Crippen molar-refractivity contribution in [2.45, 2.75) is 20.5 Å². The van der Waals surface area contributed by atoms with E-state index in [1.807, 2.05) is 48.9 Å². The zero-order chi connectivity index (χ0) is 17.6. The molecule has 0 aliphatic rings. The fourth-order valence-electron chi connectivity index (χ4n) is 2.04. The third-order valence-electron chi connectivity index (χ3n) is 3.21. The van der Waals surface area contributed by atoms with E-state index in [2.05, 4.69) is 15.3 Å². The van der Waals surface area contributed by atoms with Gasteiger partial charge in [0.25, 0.3) is 0 Å². The molecule has 128 valence electrons. The molecule has 0 radical (unpaired) electrons. The predicted octanol–water partition coefficient (Wildman–Crippen LogP) is 4.45. The first-order chi connectivity index (χ1) is 12.1. The maximum atomic E-state index is 11.9. The van der Waals surface area contributed by atoms with E-state index in [0.717, 1.165) is 27.7 Å². The second-order valence-corrected chi connectivity index (χ2v) is 7.25. The largest absolute Gasteiger partial charge is 0.487 e. The van der Waals surface area contributed by atoms with E-state index >= 15 is 0 Å². The van der Waals surface area contributed by atoms with E-state index in [1.165, 1.54) is 17.4 Å². The molecule has 1 aromatic carbocycles. The van der Waals surface area contributed by atoms with Crippen LogP contribution in [0.5, 0.6) is 5.75 Å². The fourth-order valence-corrected chi connectivity index (χ4v) is 3.33. The number of nitrogens with one attached hydrogen (secondary N) is 1. The molecular weight excluding hydrogens is 354 g/mol. The number of rotatable bonds is 6. The first-order valence-corrected chi connectivity index (χ1v) is 9.39. The number of ether oxygens (including phenoxy) is 1. The van der Waals surface area contributed by atoms with E-state index in [1.54, 1.807) is 17.4 Å². The molecule has 3 aromatic rings. The van der Waals surface area contributed by atoms with Crippen molar-refractivity contribution in [2.24, 2.45) is 0 Å². The number of benzene rings is 1. The quantitative estimate of drug-likeness (QED) is 0.650. The second kappa shape index (κ2) is 8.04. The van der Waals surface area contributed by atoms with E-state index in [-0.39, 0.29) is 5.91 Å². The highest BCUT2D eigenvalue weighted by atomic mass is 32.1. The maximum absolute atomic E-state index is 11.9. The summed E-state index contributed by atoms with van der Waals surface area (Å²) in [5.74, 6) is 0.569. The van der Waals surface area contributed by atoms with Crippen LogP contribution in [0.15, 0.2) is 41.1 Å². The topological polar surface area (TPSA) is 64.1 Å². The smallest absolute Gasteiger partial charge is 0.250 e. The number of nitrogens with zero attached hydrogens (tertiary/aromatic N) is 2. The van der Waals surface area contributed by atoms with E-state index in [4.69, 9.17) is 4.74 Å². The Kier molecular flexibility index (Phi) is 5.57. The molecule has 0 unspecified atom stereocenters. The number of hydrogen-bond acceptors (Lipinski definition) is 6. The lowest BCUT2D eigenvalue weighted by Crippen LogP contribution is -2.07. The van der Waals surface area contributed by atoms with Crippen LogP contribution in [0.4, 0.5) is 5.13 Å². The van der Waals surface area contributed by atoms with Gasteiger partial charge in [0.15, 0.2) is 5.13 Å². The molecule has 7 heteroatoms. The number of aryl methyl sites for hydroxylation is 2. The van der Waals surface area contributed by atoms with Gasteiger partial charge in [-0.25, -0.2) is 9.97 Å². The summed E-state index contributed by atoms with van der Waals surface area (Å²) in [4.78, 5) is 20.4. The van der Waals surface area contributed by atoms with Crippen LogP contribution in [0.25, 0.3) is 6.08 Å². The Hall–Kier alpha value is -2.51. The number of aromatic nitrogens is 2. The van der Waals surface area contributed by atoms with Gasteiger partial charge in [0.2, 0.25) is 5.91 Å². The van der Waals surface area contributed by atoms with E-state index in [9.17, 15) is 4.79 Å². The normalized spacial score (nSPS) is 11.0. The van der Waals surface area contributed by atoms with Gasteiger partial charge in [-0.2, -0.15) is 0 Å². The molecule has 3 rings (SSSR count). The van der Waals surface area contributed by atoms with Gasteiger partial charge >= 0.3 is 0 Å². The van der Waals surface area contributed by atoms with E-state index < -0.39 is 0 Å². The van der Waals surface area contributed by atoms with Gasteiger partial charge < -0.3 is 4.74 Å². The predicted molar refractivity (Wildman–Crippen MR) is 102 cm³/mol. The molecule has 0 saturated carbocycles. The van der Waals surface area contributed by atoms with Crippen molar-refractivity contribution in [1.29, 1.82) is 0 Å². The van der Waals surface area contributed by atoms with Crippen molar-refractivity contribution < 1.29 is 9.53 Å². The Morgan fingerprint density at radius 2 is 1.96 bits per heavy atom. The van der Waals surface area contributed by atoms with Gasteiger partial charge in [-0.1, -0.05) is 12.1 Å². The van der Waals surface area contributed by atoms with E-state index in [0.29, 0.717) is 11.7 Å². The Morgan fingerprint density at radius 3 is 2.60 bits per heavy atom. The van der Waals surface area contributed by atoms with Crippen molar-refractivity contribution in [3.8, 4) is 5.75 Å². The molecule has 1 amide bonds. The van der Waals surface area contributed by atoms with Crippen LogP contribution in [0, 0.1) is 13.8 Å². The maximum Gasteiger partial charge on any atom is 0.250 e. The van der Waals surface area contributed by atoms with Crippen LogP contribution >= 0.6 is 22.7 Å². The highest BCUT2D eigenvalue weighted by Crippen LogP contribution is 2.17. The summed E-state index contributed by atoms with van der Waals surface area (Å²) in [6.07, 6.45) is 3.24. The number of hydrogen-bond donors (Lipinski definition) is 1. The van der Waals surface area contributed by atoms with Crippen LogP contribution in [0.3, 0.4) is 0 Å². The van der Waals surface area contributed by atoms with Crippen molar-refractivity contribution >= 4 is 39.8 Å². The lowest BCUT2D eigenvalue weighted by Gasteiger charge is -2.04. The molecule has 2 aromatic heterocycles. The van der Waals surface area contributed by atoms with Gasteiger partial charge in [-0.15, -0.1) is 22.7 Å². The van der Waals surface area contributed by atoms with Gasteiger partial charge in [0.1, 0.15) is 12.4 Å². The second-order valence-electron chi connectivity index (χ2n) is 5.33. The molecule has 0 aliphatic carbocycles. The molecule has 0 atom stereocenters. The Bertz CT molecular complexity index is 882. The molecule has 1 N–H and O–H groups in total. The first-order valence-electron chi connectivity index (χ1n) is 7.63. The summed E-state index contributed by atoms with van der Waals surface area (Å²) >= 11 is 3.02.